The Morgan fingerprint density at radius 3 is 3.08 bits per heavy atom. The van der Waals surface area contributed by atoms with Gasteiger partial charge in [-0.15, -0.1) is 0 Å². The van der Waals surface area contributed by atoms with Crippen molar-refractivity contribution in [1.82, 2.24) is 5.32 Å². The van der Waals surface area contributed by atoms with Crippen LogP contribution in [0.15, 0.2) is 0 Å². The number of hydrogen-bond acceptors (Lipinski definition) is 4. The Hall–Kier alpha value is -0.160. The van der Waals surface area contributed by atoms with Crippen LogP contribution in [-0.4, -0.2) is 45.6 Å². The van der Waals surface area contributed by atoms with Crippen LogP contribution in [0.4, 0.5) is 0 Å². The van der Waals surface area contributed by atoms with Crippen molar-refractivity contribution in [2.45, 2.75) is 18.9 Å². The zero-order valence-corrected chi connectivity index (χ0v) is 8.13. The molecule has 0 aliphatic carbocycles. The van der Waals surface area contributed by atoms with Crippen molar-refractivity contribution in [2.24, 2.45) is 5.73 Å². The maximum absolute atomic E-state index is 5.46. The van der Waals surface area contributed by atoms with Gasteiger partial charge in [0.15, 0.2) is 0 Å². The minimum atomic E-state index is 0.425. The third kappa shape index (κ3) is 5.21. The summed E-state index contributed by atoms with van der Waals surface area (Å²) < 4.78 is 10.7. The van der Waals surface area contributed by atoms with E-state index in [0.717, 1.165) is 26.3 Å². The van der Waals surface area contributed by atoms with Crippen LogP contribution in [0.2, 0.25) is 0 Å². The van der Waals surface area contributed by atoms with Crippen molar-refractivity contribution in [3.63, 3.8) is 0 Å². The van der Waals surface area contributed by atoms with Crippen LogP contribution in [-0.2, 0) is 9.47 Å². The van der Waals surface area contributed by atoms with Crippen LogP contribution in [0, 0.1) is 0 Å². The van der Waals surface area contributed by atoms with Crippen molar-refractivity contribution in [3.8, 4) is 0 Å². The molecule has 1 unspecified atom stereocenters. The second kappa shape index (κ2) is 7.26. The number of nitrogens with one attached hydrogen (secondary N) is 1. The monoisotopic (exact) mass is 188 g/mol. The zero-order chi connectivity index (χ0) is 9.36. The minimum absolute atomic E-state index is 0.425. The molecule has 1 aliphatic heterocycles. The molecule has 78 valence electrons. The number of rotatable bonds is 7. The summed E-state index contributed by atoms with van der Waals surface area (Å²) in [6, 6.07) is 0. The quantitative estimate of drug-likeness (QED) is 0.540. The van der Waals surface area contributed by atoms with Crippen molar-refractivity contribution in [1.29, 1.82) is 0 Å². The van der Waals surface area contributed by atoms with E-state index < -0.39 is 0 Å². The second-order valence-electron chi connectivity index (χ2n) is 3.24. The van der Waals surface area contributed by atoms with Gasteiger partial charge in [0.25, 0.3) is 0 Å². The topological polar surface area (TPSA) is 56.5 Å². The van der Waals surface area contributed by atoms with Crippen LogP contribution >= 0.6 is 0 Å². The van der Waals surface area contributed by atoms with E-state index in [0.29, 0.717) is 19.3 Å². The number of ether oxygens (including phenoxy) is 2. The highest BCUT2D eigenvalue weighted by atomic mass is 16.5. The first-order valence-electron chi connectivity index (χ1n) is 5.03. The average molecular weight is 188 g/mol. The maximum atomic E-state index is 5.46. The highest BCUT2D eigenvalue weighted by molar-refractivity contribution is 4.66. The molecule has 0 radical (unpaired) electrons. The van der Waals surface area contributed by atoms with E-state index in [2.05, 4.69) is 5.32 Å². The standard InChI is InChI=1S/C9H20N2O2/c10-3-6-12-7-4-11-8-9-2-1-5-13-9/h9,11H,1-8,10H2. The Labute approximate surface area is 79.8 Å². The van der Waals surface area contributed by atoms with Crippen molar-refractivity contribution in [3.05, 3.63) is 0 Å². The Morgan fingerprint density at radius 2 is 2.38 bits per heavy atom. The van der Waals surface area contributed by atoms with Gasteiger partial charge in [-0.2, -0.15) is 0 Å². The lowest BCUT2D eigenvalue weighted by atomic mass is 10.2. The number of hydrogen-bond donors (Lipinski definition) is 2. The largest absolute Gasteiger partial charge is 0.379 e. The van der Waals surface area contributed by atoms with E-state index in [-0.39, 0.29) is 0 Å². The molecular weight excluding hydrogens is 168 g/mol. The summed E-state index contributed by atoms with van der Waals surface area (Å²) in [5.74, 6) is 0. The van der Waals surface area contributed by atoms with Crippen LogP contribution < -0.4 is 11.1 Å². The third-order valence-electron chi connectivity index (χ3n) is 2.08. The smallest absolute Gasteiger partial charge is 0.0700 e. The van der Waals surface area contributed by atoms with E-state index in [1.165, 1.54) is 12.8 Å². The Balaban J connectivity index is 1.78. The van der Waals surface area contributed by atoms with Gasteiger partial charge in [0.05, 0.1) is 19.3 Å². The lowest BCUT2D eigenvalue weighted by molar-refractivity contribution is 0.103. The molecule has 3 N–H and O–H groups in total. The average Bonchev–Trinajstić information content (AvgIpc) is 2.63. The van der Waals surface area contributed by atoms with Crippen LogP contribution in [0.3, 0.4) is 0 Å². The van der Waals surface area contributed by atoms with E-state index in [1.54, 1.807) is 0 Å². The summed E-state index contributed by atoms with van der Waals surface area (Å²) in [5.41, 5.74) is 5.28. The van der Waals surface area contributed by atoms with Gasteiger partial charge in [-0.3, -0.25) is 0 Å². The molecule has 0 aromatic carbocycles. The van der Waals surface area contributed by atoms with E-state index >= 15 is 0 Å². The van der Waals surface area contributed by atoms with Gasteiger partial charge >= 0.3 is 0 Å². The van der Waals surface area contributed by atoms with E-state index in [9.17, 15) is 0 Å². The first-order chi connectivity index (χ1) is 6.43. The fourth-order valence-electron chi connectivity index (χ4n) is 1.40. The summed E-state index contributed by atoms with van der Waals surface area (Å²) in [4.78, 5) is 0. The van der Waals surface area contributed by atoms with Gasteiger partial charge in [-0.25, -0.2) is 0 Å². The fraction of sp³-hybridized carbons (Fsp3) is 1.00. The van der Waals surface area contributed by atoms with Gasteiger partial charge in [-0.1, -0.05) is 0 Å². The maximum Gasteiger partial charge on any atom is 0.0700 e. The SMILES string of the molecule is NCCOCCNCC1CCCO1. The molecule has 13 heavy (non-hydrogen) atoms. The molecule has 1 rings (SSSR count). The first-order valence-corrected chi connectivity index (χ1v) is 5.03. The third-order valence-corrected chi connectivity index (χ3v) is 2.08. The summed E-state index contributed by atoms with van der Waals surface area (Å²) in [7, 11) is 0. The van der Waals surface area contributed by atoms with Crippen LogP contribution in [0.5, 0.6) is 0 Å². The van der Waals surface area contributed by atoms with E-state index in [1.807, 2.05) is 0 Å². The lowest BCUT2D eigenvalue weighted by Crippen LogP contribution is -2.29. The molecule has 0 spiro atoms. The Bertz CT molecular complexity index is 116. The van der Waals surface area contributed by atoms with Gasteiger partial charge in [-0.05, 0) is 12.8 Å². The molecule has 0 bridgehead atoms. The molecule has 0 saturated carbocycles. The van der Waals surface area contributed by atoms with Gasteiger partial charge in [0.2, 0.25) is 0 Å². The second-order valence-corrected chi connectivity index (χ2v) is 3.24. The molecule has 1 fully saturated rings. The van der Waals surface area contributed by atoms with Gasteiger partial charge < -0.3 is 20.5 Å². The summed E-state index contributed by atoms with van der Waals surface area (Å²) in [5, 5.41) is 3.30. The normalized spacial score (nSPS) is 22.4. The molecular formula is C9H20N2O2. The summed E-state index contributed by atoms with van der Waals surface area (Å²) >= 11 is 0. The predicted molar refractivity (Wildman–Crippen MR) is 51.7 cm³/mol. The number of nitrogens with two attached hydrogens (primary N) is 1. The molecule has 4 nitrogen and oxygen atoms in total. The molecule has 1 saturated heterocycles. The molecule has 0 aromatic heterocycles. The minimum Gasteiger partial charge on any atom is -0.379 e. The highest BCUT2D eigenvalue weighted by Crippen LogP contribution is 2.10. The van der Waals surface area contributed by atoms with Gasteiger partial charge in [0.1, 0.15) is 0 Å². The van der Waals surface area contributed by atoms with E-state index in [4.69, 9.17) is 15.2 Å². The van der Waals surface area contributed by atoms with Crippen molar-refractivity contribution in [2.75, 3.05) is 39.5 Å². The summed E-state index contributed by atoms with van der Waals surface area (Å²) in [6.45, 7) is 4.76. The fourth-order valence-corrected chi connectivity index (χ4v) is 1.40. The predicted octanol–water partition coefficient (Wildman–Crippen LogP) is -0.270. The molecule has 0 amide bonds. The lowest BCUT2D eigenvalue weighted by Gasteiger charge is -2.10. The zero-order valence-electron chi connectivity index (χ0n) is 8.13. The Kier molecular flexibility index (Phi) is 6.10. The highest BCUT2D eigenvalue weighted by Gasteiger charge is 2.13. The molecule has 4 heteroatoms. The molecule has 1 heterocycles. The van der Waals surface area contributed by atoms with Crippen molar-refractivity contribution < 1.29 is 9.47 Å². The molecule has 1 aliphatic rings. The van der Waals surface area contributed by atoms with Crippen LogP contribution in [0.1, 0.15) is 12.8 Å². The Morgan fingerprint density at radius 1 is 1.46 bits per heavy atom. The first kappa shape index (κ1) is 10.9. The van der Waals surface area contributed by atoms with Crippen molar-refractivity contribution >= 4 is 0 Å². The van der Waals surface area contributed by atoms with Crippen LogP contribution in [0.25, 0.3) is 0 Å². The summed E-state index contributed by atoms with van der Waals surface area (Å²) in [6.07, 6.45) is 2.82. The molecule has 1 atom stereocenters. The van der Waals surface area contributed by atoms with Gasteiger partial charge in [0, 0.05) is 26.2 Å². The molecule has 0 aromatic rings.